The molecule has 0 spiro atoms. The van der Waals surface area contributed by atoms with Crippen molar-refractivity contribution in [3.8, 4) is 0 Å². The molecule has 0 fully saturated rings. The van der Waals surface area contributed by atoms with E-state index in [2.05, 4.69) is 22.9 Å². The van der Waals surface area contributed by atoms with Gasteiger partial charge in [-0.1, -0.05) is 22.9 Å². The van der Waals surface area contributed by atoms with Gasteiger partial charge >= 0.3 is 0 Å². The Hall–Kier alpha value is -0.0600. The molecular weight excluding hydrogens is 265 g/mol. The van der Waals surface area contributed by atoms with E-state index >= 15 is 0 Å². The summed E-state index contributed by atoms with van der Waals surface area (Å²) in [6.07, 6.45) is 0. The van der Waals surface area contributed by atoms with Crippen LogP contribution >= 0.6 is 27.7 Å². The van der Waals surface area contributed by atoms with E-state index < -0.39 is 0 Å². The van der Waals surface area contributed by atoms with Crippen molar-refractivity contribution < 1.29 is 4.39 Å². The van der Waals surface area contributed by atoms with Crippen LogP contribution in [0.4, 0.5) is 4.39 Å². The highest BCUT2D eigenvalue weighted by Gasteiger charge is 2.11. The van der Waals surface area contributed by atoms with Crippen LogP contribution in [0.2, 0.25) is 0 Å². The van der Waals surface area contributed by atoms with E-state index in [9.17, 15) is 4.39 Å². The Bertz CT molecular complexity index is 306. The number of benzene rings is 1. The fourth-order valence-electron chi connectivity index (χ4n) is 1.13. The van der Waals surface area contributed by atoms with Gasteiger partial charge in [-0.05, 0) is 24.0 Å². The molecule has 2 N–H and O–H groups in total. The molecule has 0 aromatic heterocycles. The summed E-state index contributed by atoms with van der Waals surface area (Å²) in [4.78, 5) is 0. The average molecular weight is 278 g/mol. The van der Waals surface area contributed by atoms with Gasteiger partial charge in [-0.2, -0.15) is 11.8 Å². The Morgan fingerprint density at radius 3 is 2.93 bits per heavy atom. The molecule has 1 nitrogen and oxygen atoms in total. The first-order chi connectivity index (χ1) is 6.65. The maximum atomic E-state index is 13.3. The summed E-state index contributed by atoms with van der Waals surface area (Å²) in [5.41, 5.74) is 6.45. The fourth-order valence-corrected chi connectivity index (χ4v) is 2.18. The van der Waals surface area contributed by atoms with Gasteiger partial charge in [-0.3, -0.25) is 0 Å². The molecule has 1 atom stereocenters. The average Bonchev–Trinajstić information content (AvgIpc) is 2.18. The van der Waals surface area contributed by atoms with Crippen LogP contribution in [-0.4, -0.2) is 11.5 Å². The molecule has 1 aromatic rings. The number of halogens is 2. The molecule has 0 aliphatic carbocycles. The predicted molar refractivity (Wildman–Crippen MR) is 64.0 cm³/mol. The minimum atomic E-state index is -0.225. The predicted octanol–water partition coefficient (Wildman–Crippen LogP) is 3.34. The second-order valence-electron chi connectivity index (χ2n) is 2.93. The van der Waals surface area contributed by atoms with Gasteiger partial charge in [0.25, 0.3) is 0 Å². The third-order valence-corrected chi connectivity index (χ3v) is 3.36. The number of rotatable bonds is 4. The maximum Gasteiger partial charge on any atom is 0.128 e. The lowest BCUT2D eigenvalue weighted by molar-refractivity contribution is 0.595. The summed E-state index contributed by atoms with van der Waals surface area (Å²) in [5, 5.41) is 0. The number of hydrogen-bond donors (Lipinski definition) is 1. The summed E-state index contributed by atoms with van der Waals surface area (Å²) in [7, 11) is 0. The van der Waals surface area contributed by atoms with Gasteiger partial charge in [0.15, 0.2) is 0 Å². The molecule has 0 saturated carbocycles. The second-order valence-corrected chi connectivity index (χ2v) is 5.17. The van der Waals surface area contributed by atoms with E-state index in [1.54, 1.807) is 23.9 Å². The molecule has 0 saturated heterocycles. The molecule has 1 rings (SSSR count). The maximum absolute atomic E-state index is 13.3. The fraction of sp³-hybridized carbons (Fsp3) is 0.400. The Balaban J connectivity index is 2.77. The third-order valence-electron chi connectivity index (χ3n) is 1.86. The van der Waals surface area contributed by atoms with Gasteiger partial charge in [0.1, 0.15) is 5.82 Å². The number of hydrogen-bond acceptors (Lipinski definition) is 2. The zero-order chi connectivity index (χ0) is 10.6. The molecule has 1 aromatic carbocycles. The van der Waals surface area contributed by atoms with E-state index in [1.165, 1.54) is 6.07 Å². The quantitative estimate of drug-likeness (QED) is 0.914. The molecule has 4 heteroatoms. The zero-order valence-electron chi connectivity index (χ0n) is 7.97. The topological polar surface area (TPSA) is 26.0 Å². The standard InChI is InChI=1S/C10H13BrFNS/c1-2-14-6-10(13)8-5-7(11)3-4-9(8)12/h3-5,10H,2,6,13H2,1H3. The number of thioether (sulfide) groups is 1. The van der Waals surface area contributed by atoms with E-state index in [0.29, 0.717) is 5.56 Å². The summed E-state index contributed by atoms with van der Waals surface area (Å²) >= 11 is 5.02. The van der Waals surface area contributed by atoms with Crippen LogP contribution in [0.3, 0.4) is 0 Å². The largest absolute Gasteiger partial charge is 0.323 e. The highest BCUT2D eigenvalue weighted by molar-refractivity contribution is 9.10. The van der Waals surface area contributed by atoms with E-state index in [4.69, 9.17) is 5.73 Å². The first kappa shape index (κ1) is 12.0. The van der Waals surface area contributed by atoms with Crippen LogP contribution in [0.15, 0.2) is 22.7 Å². The normalized spacial score (nSPS) is 12.9. The van der Waals surface area contributed by atoms with E-state index in [1.807, 2.05) is 0 Å². The summed E-state index contributed by atoms with van der Waals surface area (Å²) in [6, 6.07) is 4.64. The van der Waals surface area contributed by atoms with E-state index in [0.717, 1.165) is 16.0 Å². The summed E-state index contributed by atoms with van der Waals surface area (Å²) < 4.78 is 14.2. The highest BCUT2D eigenvalue weighted by atomic mass is 79.9. The first-order valence-electron chi connectivity index (χ1n) is 4.43. The number of nitrogens with two attached hydrogens (primary N) is 1. The lowest BCUT2D eigenvalue weighted by atomic mass is 10.1. The van der Waals surface area contributed by atoms with Gasteiger partial charge in [0.2, 0.25) is 0 Å². The monoisotopic (exact) mass is 277 g/mol. The van der Waals surface area contributed by atoms with Crippen LogP contribution < -0.4 is 5.73 Å². The molecular formula is C10H13BrFNS. The van der Waals surface area contributed by atoms with Crippen LogP contribution in [0, 0.1) is 5.82 Å². The van der Waals surface area contributed by atoms with Crippen molar-refractivity contribution in [2.24, 2.45) is 5.73 Å². The molecule has 0 aliphatic rings. The van der Waals surface area contributed by atoms with Crippen LogP contribution in [-0.2, 0) is 0 Å². The molecule has 1 unspecified atom stereocenters. The van der Waals surface area contributed by atoms with Crippen molar-refractivity contribution in [2.45, 2.75) is 13.0 Å². The Labute approximate surface area is 96.4 Å². The zero-order valence-corrected chi connectivity index (χ0v) is 10.4. The van der Waals surface area contributed by atoms with Gasteiger partial charge in [0.05, 0.1) is 0 Å². The van der Waals surface area contributed by atoms with Crippen molar-refractivity contribution in [2.75, 3.05) is 11.5 Å². The Morgan fingerprint density at radius 2 is 2.29 bits per heavy atom. The van der Waals surface area contributed by atoms with Gasteiger partial charge in [-0.15, -0.1) is 0 Å². The molecule has 0 radical (unpaired) electrons. The molecule has 0 heterocycles. The molecule has 0 amide bonds. The van der Waals surface area contributed by atoms with E-state index in [-0.39, 0.29) is 11.9 Å². The Morgan fingerprint density at radius 1 is 1.57 bits per heavy atom. The van der Waals surface area contributed by atoms with Crippen molar-refractivity contribution in [3.63, 3.8) is 0 Å². The van der Waals surface area contributed by atoms with Crippen molar-refractivity contribution >= 4 is 27.7 Å². The minimum Gasteiger partial charge on any atom is -0.323 e. The van der Waals surface area contributed by atoms with Crippen LogP contribution in [0.25, 0.3) is 0 Å². The summed E-state index contributed by atoms with van der Waals surface area (Å²) in [6.45, 7) is 2.06. The third kappa shape index (κ3) is 3.26. The highest BCUT2D eigenvalue weighted by Crippen LogP contribution is 2.22. The van der Waals surface area contributed by atoms with Crippen molar-refractivity contribution in [3.05, 3.63) is 34.1 Å². The van der Waals surface area contributed by atoms with Gasteiger partial charge in [0, 0.05) is 21.8 Å². The minimum absolute atomic E-state index is 0.225. The Kier molecular flexibility index (Phi) is 4.92. The molecule has 14 heavy (non-hydrogen) atoms. The second kappa shape index (κ2) is 5.73. The van der Waals surface area contributed by atoms with Gasteiger partial charge in [-0.25, -0.2) is 4.39 Å². The molecule has 78 valence electrons. The van der Waals surface area contributed by atoms with Gasteiger partial charge < -0.3 is 5.73 Å². The lowest BCUT2D eigenvalue weighted by Gasteiger charge is -2.12. The van der Waals surface area contributed by atoms with Crippen molar-refractivity contribution in [1.82, 2.24) is 0 Å². The lowest BCUT2D eigenvalue weighted by Crippen LogP contribution is -2.14. The van der Waals surface area contributed by atoms with Crippen LogP contribution in [0.1, 0.15) is 18.5 Å². The molecule has 0 aliphatic heterocycles. The summed E-state index contributed by atoms with van der Waals surface area (Å²) in [5.74, 6) is 1.53. The van der Waals surface area contributed by atoms with Crippen LogP contribution in [0.5, 0.6) is 0 Å². The van der Waals surface area contributed by atoms with Crippen molar-refractivity contribution in [1.29, 1.82) is 0 Å². The smallest absolute Gasteiger partial charge is 0.128 e. The first-order valence-corrected chi connectivity index (χ1v) is 6.38. The molecule has 0 bridgehead atoms. The SMILES string of the molecule is CCSCC(N)c1cc(Br)ccc1F.